The molecule has 0 atom stereocenters. The topological polar surface area (TPSA) is 127 Å². The number of nitrogen functional groups attached to an aromatic ring is 1. The molecule has 1 saturated carbocycles. The first-order valence-corrected chi connectivity index (χ1v) is 11.4. The van der Waals surface area contributed by atoms with Crippen molar-refractivity contribution in [3.63, 3.8) is 0 Å². The standard InChI is InChI=1S/C24H32N4O5/c1-16(2)13-27(19(29)15-33-20(30)12-17-8-6-7-9-17)21-22(25)28(24(32)26-23(21)31)14-18-10-4-3-5-11-18/h3-5,10-11,16-17H,6-9,12-15,25H2,1-2H3,(H,26,31,32). The van der Waals surface area contributed by atoms with Gasteiger partial charge in [0.25, 0.3) is 11.5 Å². The number of nitrogens with zero attached hydrogens (tertiary/aromatic N) is 2. The fourth-order valence-corrected chi connectivity index (χ4v) is 4.17. The van der Waals surface area contributed by atoms with Crippen molar-refractivity contribution >= 4 is 23.4 Å². The van der Waals surface area contributed by atoms with Crippen LogP contribution in [0.2, 0.25) is 0 Å². The van der Waals surface area contributed by atoms with Gasteiger partial charge in [0.15, 0.2) is 12.3 Å². The van der Waals surface area contributed by atoms with E-state index in [4.69, 9.17) is 10.5 Å². The van der Waals surface area contributed by atoms with Crippen LogP contribution in [-0.4, -0.2) is 34.6 Å². The molecule has 1 aliphatic carbocycles. The van der Waals surface area contributed by atoms with Crippen LogP contribution in [0.5, 0.6) is 0 Å². The summed E-state index contributed by atoms with van der Waals surface area (Å²) in [6.45, 7) is 3.59. The molecule has 3 N–H and O–H groups in total. The van der Waals surface area contributed by atoms with Crippen LogP contribution in [0.3, 0.4) is 0 Å². The van der Waals surface area contributed by atoms with Crippen LogP contribution in [0.4, 0.5) is 11.5 Å². The number of nitrogens with two attached hydrogens (primary N) is 1. The number of nitrogens with one attached hydrogen (secondary N) is 1. The maximum absolute atomic E-state index is 13.0. The van der Waals surface area contributed by atoms with Gasteiger partial charge in [-0.1, -0.05) is 57.0 Å². The highest BCUT2D eigenvalue weighted by molar-refractivity contribution is 5.97. The summed E-state index contributed by atoms with van der Waals surface area (Å²) in [6, 6.07) is 9.18. The molecule has 0 saturated heterocycles. The summed E-state index contributed by atoms with van der Waals surface area (Å²) in [4.78, 5) is 53.9. The van der Waals surface area contributed by atoms with E-state index in [1.807, 2.05) is 44.2 Å². The van der Waals surface area contributed by atoms with Gasteiger partial charge in [-0.2, -0.15) is 0 Å². The smallest absolute Gasteiger partial charge is 0.330 e. The van der Waals surface area contributed by atoms with Crippen LogP contribution in [0, 0.1) is 11.8 Å². The molecule has 0 bridgehead atoms. The van der Waals surface area contributed by atoms with Gasteiger partial charge >= 0.3 is 11.7 Å². The largest absolute Gasteiger partial charge is 0.456 e. The molecule has 3 rings (SSSR count). The molecule has 1 fully saturated rings. The van der Waals surface area contributed by atoms with E-state index >= 15 is 0 Å². The number of rotatable bonds is 9. The number of H-pyrrole nitrogens is 1. The molecule has 0 unspecified atom stereocenters. The van der Waals surface area contributed by atoms with Gasteiger partial charge in [-0.25, -0.2) is 4.79 Å². The molecular formula is C24H32N4O5. The highest BCUT2D eigenvalue weighted by Crippen LogP contribution is 2.27. The number of aromatic amines is 1. The second kappa shape index (κ2) is 11.0. The van der Waals surface area contributed by atoms with Crippen LogP contribution < -0.4 is 21.9 Å². The third kappa shape index (κ3) is 6.34. The minimum Gasteiger partial charge on any atom is -0.456 e. The van der Waals surface area contributed by atoms with Crippen molar-refractivity contribution in [2.75, 3.05) is 23.8 Å². The Balaban J connectivity index is 1.84. The molecule has 1 aliphatic rings. The zero-order valence-corrected chi connectivity index (χ0v) is 19.2. The van der Waals surface area contributed by atoms with Crippen LogP contribution in [0.25, 0.3) is 0 Å². The number of carbonyl (C=O) groups is 2. The van der Waals surface area contributed by atoms with Gasteiger partial charge in [-0.05, 0) is 30.2 Å². The number of amides is 1. The predicted molar refractivity (Wildman–Crippen MR) is 126 cm³/mol. The lowest BCUT2D eigenvalue weighted by Gasteiger charge is -2.26. The second-order valence-electron chi connectivity index (χ2n) is 8.98. The van der Waals surface area contributed by atoms with E-state index in [2.05, 4.69) is 4.98 Å². The first kappa shape index (κ1) is 24.3. The average molecular weight is 457 g/mol. The van der Waals surface area contributed by atoms with Gasteiger partial charge in [0.2, 0.25) is 0 Å². The summed E-state index contributed by atoms with van der Waals surface area (Å²) >= 11 is 0. The number of aromatic nitrogens is 2. The highest BCUT2D eigenvalue weighted by atomic mass is 16.5. The van der Waals surface area contributed by atoms with Crippen LogP contribution in [-0.2, 0) is 20.9 Å². The fraction of sp³-hybridized carbons (Fsp3) is 0.500. The van der Waals surface area contributed by atoms with Gasteiger partial charge in [0, 0.05) is 13.0 Å². The quantitative estimate of drug-likeness (QED) is 0.557. The predicted octanol–water partition coefficient (Wildman–Crippen LogP) is 2.28. The van der Waals surface area contributed by atoms with E-state index in [1.54, 1.807) is 0 Å². The molecule has 2 aromatic rings. The van der Waals surface area contributed by atoms with Crippen molar-refractivity contribution in [1.82, 2.24) is 9.55 Å². The van der Waals surface area contributed by atoms with E-state index in [-0.39, 0.29) is 30.5 Å². The maximum Gasteiger partial charge on any atom is 0.330 e. The van der Waals surface area contributed by atoms with Gasteiger partial charge in [0.1, 0.15) is 5.82 Å². The molecule has 178 valence electrons. The Labute approximate surface area is 192 Å². The first-order chi connectivity index (χ1) is 15.8. The molecule has 33 heavy (non-hydrogen) atoms. The Kier molecular flexibility index (Phi) is 8.08. The molecule has 0 aliphatic heterocycles. The van der Waals surface area contributed by atoms with Crippen LogP contribution >= 0.6 is 0 Å². The molecule has 0 radical (unpaired) electrons. The van der Waals surface area contributed by atoms with E-state index in [0.717, 1.165) is 31.2 Å². The number of hydrogen-bond acceptors (Lipinski definition) is 6. The van der Waals surface area contributed by atoms with E-state index in [9.17, 15) is 19.2 Å². The van der Waals surface area contributed by atoms with Gasteiger partial charge in [-0.3, -0.25) is 23.9 Å². The van der Waals surface area contributed by atoms with Crippen molar-refractivity contribution in [3.05, 3.63) is 56.7 Å². The molecule has 1 aromatic heterocycles. The zero-order valence-electron chi connectivity index (χ0n) is 19.2. The van der Waals surface area contributed by atoms with Crippen molar-refractivity contribution in [2.24, 2.45) is 11.8 Å². The number of esters is 1. The van der Waals surface area contributed by atoms with Crippen molar-refractivity contribution < 1.29 is 14.3 Å². The van der Waals surface area contributed by atoms with Crippen molar-refractivity contribution in [3.8, 4) is 0 Å². The summed E-state index contributed by atoms with van der Waals surface area (Å²) in [5, 5.41) is 0. The van der Waals surface area contributed by atoms with E-state index < -0.39 is 29.7 Å². The van der Waals surface area contributed by atoms with E-state index in [0.29, 0.717) is 12.3 Å². The number of hydrogen-bond donors (Lipinski definition) is 2. The Hall–Kier alpha value is -3.36. The lowest BCUT2D eigenvalue weighted by atomic mass is 10.0. The molecule has 1 aromatic carbocycles. The number of ether oxygens (including phenoxy) is 1. The second-order valence-corrected chi connectivity index (χ2v) is 8.98. The van der Waals surface area contributed by atoms with Gasteiger partial charge in [-0.15, -0.1) is 0 Å². The lowest BCUT2D eigenvalue weighted by Crippen LogP contribution is -2.44. The highest BCUT2D eigenvalue weighted by Gasteiger charge is 2.27. The van der Waals surface area contributed by atoms with Crippen LogP contribution in [0.1, 0.15) is 51.5 Å². The molecular weight excluding hydrogens is 424 g/mol. The lowest BCUT2D eigenvalue weighted by molar-refractivity contribution is -0.148. The molecule has 1 heterocycles. The van der Waals surface area contributed by atoms with Gasteiger partial charge in [0.05, 0.1) is 6.54 Å². The van der Waals surface area contributed by atoms with Crippen molar-refractivity contribution in [1.29, 1.82) is 0 Å². The van der Waals surface area contributed by atoms with Gasteiger partial charge < -0.3 is 15.4 Å². The molecule has 1 amide bonds. The Morgan fingerprint density at radius 3 is 2.48 bits per heavy atom. The Bertz CT molecular complexity index is 1080. The average Bonchev–Trinajstić information content (AvgIpc) is 3.27. The minimum atomic E-state index is -0.756. The monoisotopic (exact) mass is 456 g/mol. The third-order valence-corrected chi connectivity index (χ3v) is 5.80. The Morgan fingerprint density at radius 1 is 1.18 bits per heavy atom. The molecule has 9 heteroatoms. The molecule has 9 nitrogen and oxygen atoms in total. The number of carbonyl (C=O) groups excluding carboxylic acids is 2. The summed E-state index contributed by atoms with van der Waals surface area (Å²) in [7, 11) is 0. The maximum atomic E-state index is 13.0. The third-order valence-electron chi connectivity index (χ3n) is 5.80. The summed E-state index contributed by atoms with van der Waals surface area (Å²) in [5.74, 6) is -0.795. The Morgan fingerprint density at radius 2 is 1.85 bits per heavy atom. The van der Waals surface area contributed by atoms with Crippen molar-refractivity contribution in [2.45, 2.75) is 52.5 Å². The SMILES string of the molecule is CC(C)CN(C(=O)COC(=O)CC1CCCC1)c1c(N)n(Cc2ccccc2)c(=O)[nH]c1=O. The summed E-state index contributed by atoms with van der Waals surface area (Å²) < 4.78 is 6.45. The van der Waals surface area contributed by atoms with E-state index in [1.165, 1.54) is 9.47 Å². The number of benzene rings is 1. The normalized spacial score (nSPS) is 13.9. The summed E-state index contributed by atoms with van der Waals surface area (Å²) in [6.07, 6.45) is 4.51. The fourth-order valence-electron chi connectivity index (χ4n) is 4.17. The first-order valence-electron chi connectivity index (χ1n) is 11.4. The minimum absolute atomic E-state index is 0.00329. The summed E-state index contributed by atoms with van der Waals surface area (Å²) in [5.41, 5.74) is 5.53. The number of anilines is 2. The van der Waals surface area contributed by atoms with Crippen LogP contribution in [0.15, 0.2) is 39.9 Å². The zero-order chi connectivity index (χ0) is 24.0. The molecule has 0 spiro atoms.